The summed E-state index contributed by atoms with van der Waals surface area (Å²) in [5.41, 5.74) is 0.0388. The van der Waals surface area contributed by atoms with Crippen LogP contribution in [0.4, 0.5) is 5.13 Å². The number of aryl methyl sites for hydroxylation is 1. The summed E-state index contributed by atoms with van der Waals surface area (Å²) >= 11 is 7.66. The van der Waals surface area contributed by atoms with Crippen molar-refractivity contribution >= 4 is 28.3 Å². The minimum Gasteiger partial charge on any atom is -0.354 e. The van der Waals surface area contributed by atoms with Crippen LogP contribution >= 0.6 is 23.1 Å². The highest BCUT2D eigenvalue weighted by molar-refractivity contribution is 7.09. The molecule has 1 N–H and O–H groups in total. The summed E-state index contributed by atoms with van der Waals surface area (Å²) in [7, 11) is 0. The number of aromatic nitrogens is 2. The van der Waals surface area contributed by atoms with Crippen LogP contribution in [0.2, 0.25) is 0 Å². The van der Waals surface area contributed by atoms with Gasteiger partial charge in [-0.05, 0) is 38.0 Å². The monoisotopic (exact) mass is 287 g/mol. The molecular weight excluding hydrogens is 266 g/mol. The van der Waals surface area contributed by atoms with E-state index in [1.165, 1.54) is 24.4 Å². The molecule has 0 bridgehead atoms. The normalized spacial score (nSPS) is 28.3. The molecule has 0 spiro atoms. The zero-order valence-electron chi connectivity index (χ0n) is 11.2. The second-order valence-electron chi connectivity index (χ2n) is 5.49. The highest BCUT2D eigenvalue weighted by Crippen LogP contribution is 2.35. The number of nitrogens with one attached hydrogen (secondary N) is 1. The van der Waals surface area contributed by atoms with Crippen LogP contribution in [0, 0.1) is 5.92 Å². The summed E-state index contributed by atoms with van der Waals surface area (Å²) in [6, 6.07) is 0. The summed E-state index contributed by atoms with van der Waals surface area (Å²) in [5, 5.41) is 4.49. The zero-order valence-corrected chi connectivity index (χ0v) is 12.8. The van der Waals surface area contributed by atoms with Crippen LogP contribution in [0.15, 0.2) is 0 Å². The molecular formula is C13H22ClN3S. The highest BCUT2D eigenvalue weighted by atomic mass is 35.5. The molecule has 0 aliphatic heterocycles. The van der Waals surface area contributed by atoms with Gasteiger partial charge < -0.3 is 5.32 Å². The Balaban J connectivity index is 2.00. The van der Waals surface area contributed by atoms with Crippen LogP contribution < -0.4 is 5.32 Å². The Labute approximate surface area is 119 Å². The second-order valence-corrected chi connectivity index (χ2v) is 6.51. The van der Waals surface area contributed by atoms with Crippen molar-refractivity contribution in [1.82, 2.24) is 9.36 Å². The minimum absolute atomic E-state index is 0.0388. The molecule has 0 radical (unpaired) electrons. The minimum atomic E-state index is 0.0388. The molecule has 1 aliphatic carbocycles. The second kappa shape index (κ2) is 6.20. The lowest BCUT2D eigenvalue weighted by atomic mass is 9.78. The van der Waals surface area contributed by atoms with Gasteiger partial charge in [0, 0.05) is 23.8 Å². The third-order valence-electron chi connectivity index (χ3n) is 3.80. The zero-order chi connectivity index (χ0) is 13.0. The first kappa shape index (κ1) is 14.1. The van der Waals surface area contributed by atoms with Gasteiger partial charge in [0.2, 0.25) is 5.13 Å². The molecule has 1 heterocycles. The van der Waals surface area contributed by atoms with Crippen molar-refractivity contribution in [2.45, 2.75) is 57.9 Å². The average molecular weight is 288 g/mol. The van der Waals surface area contributed by atoms with E-state index in [0.717, 1.165) is 42.6 Å². The molecule has 3 nitrogen and oxygen atoms in total. The van der Waals surface area contributed by atoms with Gasteiger partial charge in [-0.25, -0.2) is 4.98 Å². The topological polar surface area (TPSA) is 37.8 Å². The van der Waals surface area contributed by atoms with Gasteiger partial charge in [0.1, 0.15) is 5.82 Å². The first-order chi connectivity index (χ1) is 8.67. The molecule has 102 valence electrons. The molecule has 0 atom stereocenters. The summed E-state index contributed by atoms with van der Waals surface area (Å²) < 4.78 is 4.38. The van der Waals surface area contributed by atoms with Crippen molar-refractivity contribution in [3.63, 3.8) is 0 Å². The van der Waals surface area contributed by atoms with Gasteiger partial charge in [0.25, 0.3) is 0 Å². The highest BCUT2D eigenvalue weighted by Gasteiger charge is 2.34. The van der Waals surface area contributed by atoms with E-state index in [0.29, 0.717) is 5.88 Å². The summed E-state index contributed by atoms with van der Waals surface area (Å²) in [4.78, 5) is 4.54. The number of nitrogens with zero attached hydrogens (tertiary/aromatic N) is 2. The maximum atomic E-state index is 6.20. The molecule has 0 amide bonds. The molecule has 1 aliphatic rings. The number of hydrogen-bond acceptors (Lipinski definition) is 4. The van der Waals surface area contributed by atoms with Crippen LogP contribution in [0.25, 0.3) is 0 Å². The molecule has 0 aromatic carbocycles. The molecule has 0 unspecified atom stereocenters. The van der Waals surface area contributed by atoms with Gasteiger partial charge in [0.15, 0.2) is 0 Å². The van der Waals surface area contributed by atoms with Crippen molar-refractivity contribution in [2.75, 3.05) is 11.2 Å². The Kier molecular flexibility index (Phi) is 4.84. The Morgan fingerprint density at radius 2 is 2.17 bits per heavy atom. The predicted octanol–water partition coefficient (Wildman–Crippen LogP) is 4.09. The van der Waals surface area contributed by atoms with Gasteiger partial charge in [-0.1, -0.05) is 13.8 Å². The number of hydrogen-bond donors (Lipinski definition) is 1. The quantitative estimate of drug-likeness (QED) is 0.829. The molecule has 1 fully saturated rings. The van der Waals surface area contributed by atoms with Crippen molar-refractivity contribution in [3.05, 3.63) is 5.82 Å². The SMILES string of the molecule is CCCc1nsc(NC2(CCl)CCC(C)CC2)n1. The van der Waals surface area contributed by atoms with Gasteiger partial charge in [-0.15, -0.1) is 11.6 Å². The number of anilines is 1. The third kappa shape index (κ3) is 3.35. The lowest BCUT2D eigenvalue weighted by Crippen LogP contribution is -2.43. The molecule has 1 aromatic rings. The van der Waals surface area contributed by atoms with E-state index in [1.54, 1.807) is 0 Å². The standard InChI is InChI=1S/C13H22ClN3S/c1-3-4-11-15-12(18-17-11)16-13(9-14)7-5-10(2)6-8-13/h10H,3-9H2,1-2H3,(H,15,16,17). The fraction of sp³-hybridized carbons (Fsp3) is 0.846. The maximum absolute atomic E-state index is 6.20. The summed E-state index contributed by atoms with van der Waals surface area (Å²) in [5.74, 6) is 2.44. The van der Waals surface area contributed by atoms with Crippen LogP contribution in [-0.2, 0) is 6.42 Å². The lowest BCUT2D eigenvalue weighted by Gasteiger charge is -2.38. The molecule has 1 saturated carbocycles. The third-order valence-corrected chi connectivity index (χ3v) is 4.98. The fourth-order valence-electron chi connectivity index (χ4n) is 2.46. The molecule has 1 aromatic heterocycles. The van der Waals surface area contributed by atoms with Crippen LogP contribution in [-0.4, -0.2) is 20.8 Å². The largest absolute Gasteiger partial charge is 0.354 e. The molecule has 2 rings (SSSR count). The Morgan fingerprint density at radius 1 is 1.44 bits per heavy atom. The Morgan fingerprint density at radius 3 is 2.78 bits per heavy atom. The van der Waals surface area contributed by atoms with Gasteiger partial charge >= 0.3 is 0 Å². The van der Waals surface area contributed by atoms with Crippen molar-refractivity contribution in [1.29, 1.82) is 0 Å². The van der Waals surface area contributed by atoms with Crippen LogP contribution in [0.5, 0.6) is 0 Å². The smallest absolute Gasteiger partial charge is 0.203 e. The number of halogens is 1. The maximum Gasteiger partial charge on any atom is 0.203 e. The van der Waals surface area contributed by atoms with Gasteiger partial charge in [0.05, 0.1) is 5.54 Å². The average Bonchev–Trinajstić information content (AvgIpc) is 2.80. The van der Waals surface area contributed by atoms with Crippen LogP contribution in [0.1, 0.15) is 51.8 Å². The Bertz CT molecular complexity index is 372. The fourth-order valence-corrected chi connectivity index (χ4v) is 3.53. The number of rotatable bonds is 5. The van der Waals surface area contributed by atoms with Gasteiger partial charge in [-0.3, -0.25) is 0 Å². The van der Waals surface area contributed by atoms with E-state index >= 15 is 0 Å². The van der Waals surface area contributed by atoms with E-state index in [2.05, 4.69) is 28.5 Å². The van der Waals surface area contributed by atoms with E-state index in [9.17, 15) is 0 Å². The van der Waals surface area contributed by atoms with Crippen molar-refractivity contribution in [3.8, 4) is 0 Å². The predicted molar refractivity (Wildman–Crippen MR) is 78.6 cm³/mol. The van der Waals surface area contributed by atoms with E-state index < -0.39 is 0 Å². The van der Waals surface area contributed by atoms with Crippen molar-refractivity contribution in [2.24, 2.45) is 5.92 Å². The molecule has 5 heteroatoms. The van der Waals surface area contributed by atoms with Crippen molar-refractivity contribution < 1.29 is 0 Å². The van der Waals surface area contributed by atoms with E-state index in [-0.39, 0.29) is 5.54 Å². The first-order valence-corrected chi connectivity index (χ1v) is 8.15. The molecule has 18 heavy (non-hydrogen) atoms. The van der Waals surface area contributed by atoms with Crippen LogP contribution in [0.3, 0.4) is 0 Å². The Hall–Kier alpha value is -0.350. The molecule has 0 saturated heterocycles. The van der Waals surface area contributed by atoms with E-state index in [1.807, 2.05) is 0 Å². The number of alkyl halides is 1. The van der Waals surface area contributed by atoms with E-state index in [4.69, 9.17) is 11.6 Å². The van der Waals surface area contributed by atoms with Gasteiger partial charge in [-0.2, -0.15) is 4.37 Å². The lowest BCUT2D eigenvalue weighted by molar-refractivity contribution is 0.287. The summed E-state index contributed by atoms with van der Waals surface area (Å²) in [6.45, 7) is 4.47. The first-order valence-electron chi connectivity index (χ1n) is 6.84. The summed E-state index contributed by atoms with van der Waals surface area (Å²) in [6.07, 6.45) is 6.83.